The molecular weight excluding hydrogens is 447 g/mol. The highest BCUT2D eigenvalue weighted by Crippen LogP contribution is 2.32. The normalized spacial score (nSPS) is 16.2. The molecule has 1 aliphatic heterocycles. The summed E-state index contributed by atoms with van der Waals surface area (Å²) >= 11 is 1.38. The molecule has 4 rings (SSSR count). The number of ether oxygens (including phenoxy) is 1. The van der Waals surface area contributed by atoms with Gasteiger partial charge in [-0.3, -0.25) is 4.79 Å². The van der Waals surface area contributed by atoms with Gasteiger partial charge in [0.2, 0.25) is 11.0 Å². The van der Waals surface area contributed by atoms with Crippen molar-refractivity contribution in [2.75, 3.05) is 29.0 Å². The van der Waals surface area contributed by atoms with Crippen LogP contribution in [0.2, 0.25) is 0 Å². The summed E-state index contributed by atoms with van der Waals surface area (Å²) in [5, 5.41) is 20.1. The number of anilines is 3. The zero-order chi connectivity index (χ0) is 22.7. The molecule has 0 radical (unpaired) electrons. The van der Waals surface area contributed by atoms with Gasteiger partial charge in [0.1, 0.15) is 10.8 Å². The number of nitrogens with two attached hydrogens (primary N) is 1. The van der Waals surface area contributed by atoms with Gasteiger partial charge < -0.3 is 20.7 Å². The minimum Gasteiger partial charge on any atom is -0.406 e. The molecule has 13 heteroatoms. The number of nitrogens with zero attached hydrogens (tertiary/aromatic N) is 5. The van der Waals surface area contributed by atoms with Gasteiger partial charge in [-0.2, -0.15) is 0 Å². The number of carbonyl (C=O) groups is 1. The molecule has 1 aromatic carbocycles. The van der Waals surface area contributed by atoms with Crippen molar-refractivity contribution in [2.45, 2.75) is 25.1 Å². The summed E-state index contributed by atoms with van der Waals surface area (Å²) in [7, 11) is 0. The maximum Gasteiger partial charge on any atom is 0.573 e. The number of amides is 1. The largest absolute Gasteiger partial charge is 0.573 e. The second-order valence-electron chi connectivity index (χ2n) is 7.11. The van der Waals surface area contributed by atoms with Crippen LogP contribution in [-0.2, 0) is 11.2 Å². The van der Waals surface area contributed by atoms with Crippen LogP contribution in [0.15, 0.2) is 36.4 Å². The van der Waals surface area contributed by atoms with E-state index in [4.69, 9.17) is 5.73 Å². The van der Waals surface area contributed by atoms with Crippen molar-refractivity contribution in [2.24, 2.45) is 0 Å². The van der Waals surface area contributed by atoms with Gasteiger partial charge >= 0.3 is 6.36 Å². The van der Waals surface area contributed by atoms with E-state index in [1.165, 1.54) is 29.5 Å². The van der Waals surface area contributed by atoms with E-state index in [-0.39, 0.29) is 23.9 Å². The summed E-state index contributed by atoms with van der Waals surface area (Å²) in [5.41, 5.74) is 6.02. The molecule has 0 spiro atoms. The van der Waals surface area contributed by atoms with Gasteiger partial charge in [0.25, 0.3) is 0 Å². The lowest BCUT2D eigenvalue weighted by atomic mass is 10.1. The minimum atomic E-state index is -4.79. The van der Waals surface area contributed by atoms with Crippen LogP contribution in [-0.4, -0.2) is 45.8 Å². The molecule has 1 unspecified atom stereocenters. The van der Waals surface area contributed by atoms with Gasteiger partial charge in [-0.15, -0.1) is 33.6 Å². The Bertz CT molecular complexity index is 1090. The number of nitrogen functional groups attached to an aromatic ring is 1. The van der Waals surface area contributed by atoms with E-state index in [1.54, 1.807) is 12.1 Å². The standard InChI is InChI=1S/C19H18F3N7O2S/c20-19(21,22)31-13-3-1-2-11(8-13)9-16(30)24-14-4-5-15(26-25-14)29-7-6-12(10-29)17-27-28-18(23)32-17/h1-5,8,12H,6-7,9-10H2,(H2,23,28)(H,24,25,30). The molecule has 32 heavy (non-hydrogen) atoms. The number of carbonyl (C=O) groups excluding carboxylic acids is 1. The van der Waals surface area contributed by atoms with Gasteiger partial charge in [-0.1, -0.05) is 23.5 Å². The lowest BCUT2D eigenvalue weighted by Gasteiger charge is -2.16. The number of halogens is 3. The van der Waals surface area contributed by atoms with E-state index in [0.717, 1.165) is 24.0 Å². The summed E-state index contributed by atoms with van der Waals surface area (Å²) < 4.78 is 40.9. The highest BCUT2D eigenvalue weighted by atomic mass is 32.1. The number of hydrogen-bond donors (Lipinski definition) is 2. The summed E-state index contributed by atoms with van der Waals surface area (Å²) in [6.45, 7) is 1.49. The van der Waals surface area contributed by atoms with Gasteiger partial charge in [-0.05, 0) is 36.2 Å². The Morgan fingerprint density at radius 2 is 2.06 bits per heavy atom. The van der Waals surface area contributed by atoms with Crippen molar-refractivity contribution in [3.8, 4) is 5.75 Å². The molecule has 9 nitrogen and oxygen atoms in total. The Morgan fingerprint density at radius 1 is 1.22 bits per heavy atom. The summed E-state index contributed by atoms with van der Waals surface area (Å²) in [5.74, 6) is 0.315. The average molecular weight is 465 g/mol. The Kier molecular flexibility index (Phi) is 6.08. The van der Waals surface area contributed by atoms with Crippen LogP contribution in [0.3, 0.4) is 0 Å². The molecule has 1 amide bonds. The third-order valence-corrected chi connectivity index (χ3v) is 5.65. The van der Waals surface area contributed by atoms with Gasteiger partial charge in [-0.25, -0.2) is 0 Å². The van der Waals surface area contributed by atoms with Crippen molar-refractivity contribution >= 4 is 34.0 Å². The molecule has 2 aromatic heterocycles. The topological polar surface area (TPSA) is 119 Å². The Morgan fingerprint density at radius 3 is 2.75 bits per heavy atom. The summed E-state index contributed by atoms with van der Waals surface area (Å²) in [4.78, 5) is 14.3. The van der Waals surface area contributed by atoms with Crippen LogP contribution >= 0.6 is 11.3 Å². The summed E-state index contributed by atoms with van der Waals surface area (Å²) in [6.07, 6.45) is -4.04. The number of aromatic nitrogens is 4. The quantitative estimate of drug-likeness (QED) is 0.570. The fourth-order valence-corrected chi connectivity index (χ4v) is 4.10. The number of alkyl halides is 3. The first-order valence-electron chi connectivity index (χ1n) is 9.57. The van der Waals surface area contributed by atoms with Crippen LogP contribution in [0.5, 0.6) is 5.75 Å². The Hall–Kier alpha value is -3.48. The first kappa shape index (κ1) is 21.7. The van der Waals surface area contributed by atoms with Crippen molar-refractivity contribution < 1.29 is 22.7 Å². The number of rotatable bonds is 6. The van der Waals surface area contributed by atoms with Crippen LogP contribution in [0.25, 0.3) is 0 Å². The predicted molar refractivity (Wildman–Crippen MR) is 111 cm³/mol. The number of benzene rings is 1. The van der Waals surface area contributed by atoms with E-state index >= 15 is 0 Å². The molecule has 1 aliphatic rings. The molecule has 3 aromatic rings. The maximum absolute atomic E-state index is 12.3. The third-order valence-electron chi connectivity index (χ3n) is 4.73. The van der Waals surface area contributed by atoms with Crippen LogP contribution in [0.1, 0.15) is 22.9 Å². The first-order chi connectivity index (χ1) is 15.2. The molecule has 0 aliphatic carbocycles. The monoisotopic (exact) mass is 465 g/mol. The van der Waals surface area contributed by atoms with Crippen molar-refractivity contribution in [3.63, 3.8) is 0 Å². The first-order valence-corrected chi connectivity index (χ1v) is 10.4. The zero-order valence-corrected chi connectivity index (χ0v) is 17.4. The molecule has 1 fully saturated rings. The summed E-state index contributed by atoms with van der Waals surface area (Å²) in [6, 6.07) is 8.63. The van der Waals surface area contributed by atoms with E-state index in [9.17, 15) is 18.0 Å². The predicted octanol–water partition coefficient (Wildman–Crippen LogP) is 2.98. The SMILES string of the molecule is Nc1nnc(C2CCN(c3ccc(NC(=O)Cc4cccc(OC(F)(F)F)c4)nn3)C2)s1. The van der Waals surface area contributed by atoms with E-state index < -0.39 is 12.3 Å². The van der Waals surface area contributed by atoms with E-state index in [2.05, 4.69) is 35.3 Å². The number of nitrogens with one attached hydrogen (secondary N) is 1. The minimum absolute atomic E-state index is 0.142. The maximum atomic E-state index is 12.3. The molecule has 168 valence electrons. The van der Waals surface area contributed by atoms with Crippen LogP contribution in [0, 0.1) is 0 Å². The highest BCUT2D eigenvalue weighted by Gasteiger charge is 2.31. The number of hydrogen-bond acceptors (Lipinski definition) is 9. The lowest BCUT2D eigenvalue weighted by molar-refractivity contribution is -0.274. The molecule has 1 atom stereocenters. The second-order valence-corrected chi connectivity index (χ2v) is 8.15. The Labute approximate surface area is 184 Å². The fourth-order valence-electron chi connectivity index (χ4n) is 3.37. The smallest absolute Gasteiger partial charge is 0.406 e. The van der Waals surface area contributed by atoms with E-state index in [0.29, 0.717) is 23.1 Å². The lowest BCUT2D eigenvalue weighted by Crippen LogP contribution is -2.21. The van der Waals surface area contributed by atoms with Gasteiger partial charge in [0, 0.05) is 19.0 Å². The molecule has 0 saturated carbocycles. The molecule has 0 bridgehead atoms. The highest BCUT2D eigenvalue weighted by molar-refractivity contribution is 7.15. The second kappa shape index (κ2) is 8.94. The molecular formula is C19H18F3N7O2S. The fraction of sp³-hybridized carbons (Fsp3) is 0.316. The molecule has 3 heterocycles. The average Bonchev–Trinajstić information content (AvgIpc) is 3.36. The van der Waals surface area contributed by atoms with Crippen molar-refractivity contribution in [3.05, 3.63) is 47.0 Å². The van der Waals surface area contributed by atoms with Crippen molar-refractivity contribution in [1.82, 2.24) is 20.4 Å². The van der Waals surface area contributed by atoms with Crippen LogP contribution in [0.4, 0.5) is 29.9 Å². The third kappa shape index (κ3) is 5.60. The Balaban J connectivity index is 1.32. The van der Waals surface area contributed by atoms with Gasteiger partial charge in [0.05, 0.1) is 6.42 Å². The molecule has 1 saturated heterocycles. The zero-order valence-electron chi connectivity index (χ0n) is 16.5. The van der Waals surface area contributed by atoms with Crippen molar-refractivity contribution in [1.29, 1.82) is 0 Å². The molecule has 3 N–H and O–H groups in total. The van der Waals surface area contributed by atoms with Gasteiger partial charge in [0.15, 0.2) is 11.6 Å². The van der Waals surface area contributed by atoms with Crippen LogP contribution < -0.4 is 20.7 Å². The van der Waals surface area contributed by atoms with E-state index in [1.807, 2.05) is 0 Å².